The first kappa shape index (κ1) is 13.6. The van der Waals surface area contributed by atoms with Gasteiger partial charge in [0.05, 0.1) is 0 Å². The van der Waals surface area contributed by atoms with E-state index < -0.39 is 0 Å². The molecular formula is C14H22N4O. The summed E-state index contributed by atoms with van der Waals surface area (Å²) in [6.45, 7) is 3.07. The van der Waals surface area contributed by atoms with Crippen molar-refractivity contribution in [2.45, 2.75) is 45.1 Å². The van der Waals surface area contributed by atoms with Gasteiger partial charge in [-0.15, -0.1) is 0 Å². The first-order valence-corrected chi connectivity index (χ1v) is 6.97. The highest BCUT2D eigenvalue weighted by Crippen LogP contribution is 2.26. The van der Waals surface area contributed by atoms with Crippen LogP contribution >= 0.6 is 0 Å². The Morgan fingerprint density at radius 2 is 2.21 bits per heavy atom. The Morgan fingerprint density at radius 3 is 2.84 bits per heavy atom. The van der Waals surface area contributed by atoms with E-state index in [9.17, 15) is 0 Å². The molecule has 1 aromatic rings. The van der Waals surface area contributed by atoms with Crippen LogP contribution in [0.5, 0.6) is 0 Å². The van der Waals surface area contributed by atoms with Crippen LogP contribution in [0.2, 0.25) is 0 Å². The fourth-order valence-corrected chi connectivity index (χ4v) is 2.79. The number of hydrogen-bond acceptors (Lipinski definition) is 4. The van der Waals surface area contributed by atoms with Crippen molar-refractivity contribution in [2.24, 2.45) is 10.9 Å². The molecule has 0 saturated heterocycles. The van der Waals surface area contributed by atoms with Crippen LogP contribution in [-0.4, -0.2) is 28.6 Å². The van der Waals surface area contributed by atoms with Gasteiger partial charge in [0.1, 0.15) is 5.82 Å². The van der Waals surface area contributed by atoms with Gasteiger partial charge in [-0.25, -0.2) is 4.98 Å². The topological polar surface area (TPSA) is 74.7 Å². The maximum atomic E-state index is 8.75. The molecule has 0 aromatic carbocycles. The number of anilines is 1. The molecule has 3 N–H and O–H groups in total. The lowest BCUT2D eigenvalue weighted by atomic mass is 9.94. The van der Waals surface area contributed by atoms with Crippen LogP contribution in [0.25, 0.3) is 0 Å². The van der Waals surface area contributed by atoms with Gasteiger partial charge in [0.25, 0.3) is 0 Å². The van der Waals surface area contributed by atoms with E-state index in [4.69, 9.17) is 10.9 Å². The zero-order valence-corrected chi connectivity index (χ0v) is 11.4. The lowest BCUT2D eigenvalue weighted by Gasteiger charge is -2.34. The lowest BCUT2D eigenvalue weighted by molar-refractivity contribution is 0.318. The minimum absolute atomic E-state index is 0.128. The highest BCUT2D eigenvalue weighted by Gasteiger charge is 2.21. The van der Waals surface area contributed by atoms with Crippen molar-refractivity contribution >= 4 is 11.7 Å². The molecule has 1 aromatic heterocycles. The maximum Gasteiger partial charge on any atom is 0.170 e. The van der Waals surface area contributed by atoms with Crippen LogP contribution < -0.4 is 10.6 Å². The Labute approximate surface area is 114 Å². The summed E-state index contributed by atoms with van der Waals surface area (Å²) in [5.41, 5.74) is 6.35. The average Bonchev–Trinajstić information content (AvgIpc) is 2.48. The summed E-state index contributed by atoms with van der Waals surface area (Å²) in [6.07, 6.45) is 8.09. The van der Waals surface area contributed by atoms with Crippen molar-refractivity contribution in [3.05, 3.63) is 23.9 Å². The molecule has 0 atom stereocenters. The molecule has 2 rings (SSSR count). The normalized spacial score (nSPS) is 17.4. The Hall–Kier alpha value is -1.78. The number of nitrogens with zero attached hydrogens (tertiary/aromatic N) is 3. The number of nitrogens with two attached hydrogens (primary N) is 1. The Kier molecular flexibility index (Phi) is 4.60. The summed E-state index contributed by atoms with van der Waals surface area (Å²) in [7, 11) is 0. The van der Waals surface area contributed by atoms with Crippen molar-refractivity contribution < 1.29 is 5.21 Å². The molecule has 0 amide bonds. The third-order valence-corrected chi connectivity index (χ3v) is 3.80. The molecule has 5 nitrogen and oxygen atoms in total. The first-order chi connectivity index (χ1) is 9.26. The molecule has 1 aliphatic carbocycles. The smallest absolute Gasteiger partial charge is 0.170 e. The molecule has 0 spiro atoms. The molecule has 0 aliphatic heterocycles. The number of rotatable bonds is 4. The molecule has 1 heterocycles. The molecule has 104 valence electrons. The summed E-state index contributed by atoms with van der Waals surface area (Å²) >= 11 is 0. The van der Waals surface area contributed by atoms with E-state index in [0.717, 1.165) is 12.4 Å². The van der Waals surface area contributed by atoms with Crippen LogP contribution in [0.1, 0.15) is 44.6 Å². The molecule has 19 heavy (non-hydrogen) atoms. The van der Waals surface area contributed by atoms with Gasteiger partial charge in [0, 0.05) is 24.3 Å². The van der Waals surface area contributed by atoms with Gasteiger partial charge in [-0.1, -0.05) is 24.4 Å². The van der Waals surface area contributed by atoms with E-state index >= 15 is 0 Å². The van der Waals surface area contributed by atoms with Crippen LogP contribution in [0.3, 0.4) is 0 Å². The minimum Gasteiger partial charge on any atom is -0.409 e. The predicted octanol–water partition coefficient (Wildman–Crippen LogP) is 2.34. The second kappa shape index (κ2) is 6.41. The Bertz CT molecular complexity index is 441. The maximum absolute atomic E-state index is 8.75. The van der Waals surface area contributed by atoms with Crippen LogP contribution in [-0.2, 0) is 0 Å². The number of amidine groups is 1. The molecule has 5 heteroatoms. The number of hydrogen-bond donors (Lipinski definition) is 2. The average molecular weight is 262 g/mol. The van der Waals surface area contributed by atoms with Gasteiger partial charge in [0.15, 0.2) is 5.84 Å². The number of oxime groups is 1. The molecule has 1 fully saturated rings. The lowest BCUT2D eigenvalue weighted by Crippen LogP contribution is -2.37. The zero-order chi connectivity index (χ0) is 13.7. The molecule has 0 bridgehead atoms. The fraction of sp³-hybridized carbons (Fsp3) is 0.571. The van der Waals surface area contributed by atoms with E-state index in [-0.39, 0.29) is 5.84 Å². The van der Waals surface area contributed by atoms with Gasteiger partial charge in [-0.05, 0) is 31.9 Å². The number of aromatic nitrogens is 1. The van der Waals surface area contributed by atoms with E-state index in [2.05, 4.69) is 22.0 Å². The second-order valence-electron chi connectivity index (χ2n) is 4.97. The van der Waals surface area contributed by atoms with Crippen LogP contribution in [0.4, 0.5) is 5.82 Å². The van der Waals surface area contributed by atoms with Gasteiger partial charge in [-0.2, -0.15) is 0 Å². The standard InChI is InChI=1S/C14H22N4O/c1-2-18(12-6-4-3-5-7-12)13-10-11(8-9-16-13)14(15)17-19/h8-10,12,19H,2-7H2,1H3,(H2,15,17). The van der Waals surface area contributed by atoms with E-state index in [1.54, 1.807) is 12.3 Å². The summed E-state index contributed by atoms with van der Waals surface area (Å²) in [5, 5.41) is 11.8. The molecule has 0 unspecified atom stereocenters. The van der Waals surface area contributed by atoms with Crippen LogP contribution in [0.15, 0.2) is 23.5 Å². The highest BCUT2D eigenvalue weighted by molar-refractivity contribution is 5.97. The minimum atomic E-state index is 0.128. The van der Waals surface area contributed by atoms with Gasteiger partial charge < -0.3 is 15.8 Å². The molecule has 1 aliphatic rings. The third kappa shape index (κ3) is 3.16. The molecular weight excluding hydrogens is 240 g/mol. The number of pyridine rings is 1. The largest absolute Gasteiger partial charge is 0.409 e. The monoisotopic (exact) mass is 262 g/mol. The molecule has 0 radical (unpaired) electrons. The summed E-state index contributed by atoms with van der Waals surface area (Å²) in [4.78, 5) is 6.76. The summed E-state index contributed by atoms with van der Waals surface area (Å²) in [6, 6.07) is 4.22. The first-order valence-electron chi connectivity index (χ1n) is 6.97. The molecule has 1 saturated carbocycles. The van der Waals surface area contributed by atoms with Crippen molar-refractivity contribution in [3.63, 3.8) is 0 Å². The van der Waals surface area contributed by atoms with Crippen molar-refractivity contribution in [1.82, 2.24) is 4.98 Å². The summed E-state index contributed by atoms with van der Waals surface area (Å²) < 4.78 is 0. The van der Waals surface area contributed by atoms with E-state index in [0.29, 0.717) is 11.6 Å². The van der Waals surface area contributed by atoms with Crippen molar-refractivity contribution in [3.8, 4) is 0 Å². The zero-order valence-electron chi connectivity index (χ0n) is 11.4. The third-order valence-electron chi connectivity index (χ3n) is 3.80. The van der Waals surface area contributed by atoms with Gasteiger partial charge >= 0.3 is 0 Å². The van der Waals surface area contributed by atoms with Gasteiger partial charge in [0.2, 0.25) is 0 Å². The summed E-state index contributed by atoms with van der Waals surface area (Å²) in [5.74, 6) is 1.04. The Morgan fingerprint density at radius 1 is 1.47 bits per heavy atom. The van der Waals surface area contributed by atoms with Crippen molar-refractivity contribution in [2.75, 3.05) is 11.4 Å². The van der Waals surface area contributed by atoms with Gasteiger partial charge in [-0.3, -0.25) is 0 Å². The SMILES string of the molecule is CCN(c1cc(/C(N)=N/O)ccn1)C1CCCCC1. The Balaban J connectivity index is 2.22. The predicted molar refractivity (Wildman–Crippen MR) is 76.6 cm³/mol. The van der Waals surface area contributed by atoms with E-state index in [1.165, 1.54) is 32.1 Å². The van der Waals surface area contributed by atoms with E-state index in [1.807, 2.05) is 6.07 Å². The fourth-order valence-electron chi connectivity index (χ4n) is 2.79. The van der Waals surface area contributed by atoms with Crippen molar-refractivity contribution in [1.29, 1.82) is 0 Å². The quantitative estimate of drug-likeness (QED) is 0.378. The second-order valence-corrected chi connectivity index (χ2v) is 4.97. The van der Waals surface area contributed by atoms with Crippen LogP contribution in [0, 0.1) is 0 Å². The highest BCUT2D eigenvalue weighted by atomic mass is 16.4.